The van der Waals surface area contributed by atoms with Gasteiger partial charge in [0.05, 0.1) is 7.11 Å². The van der Waals surface area contributed by atoms with Crippen molar-refractivity contribution < 1.29 is 27.9 Å². The largest absolute Gasteiger partial charge is 0.508 e. The van der Waals surface area contributed by atoms with Gasteiger partial charge in [0.1, 0.15) is 17.0 Å². The molecule has 1 aromatic rings. The molecule has 126 valence electrons. The molecule has 0 saturated carbocycles. The van der Waals surface area contributed by atoms with Gasteiger partial charge in [0.2, 0.25) is 15.9 Å². The molecule has 0 aromatic heterocycles. The third kappa shape index (κ3) is 3.99. The molecule has 9 heteroatoms. The van der Waals surface area contributed by atoms with Gasteiger partial charge in [-0.1, -0.05) is 12.1 Å². The zero-order chi connectivity index (χ0) is 17.2. The van der Waals surface area contributed by atoms with Crippen molar-refractivity contribution in [3.63, 3.8) is 0 Å². The van der Waals surface area contributed by atoms with E-state index in [1.807, 2.05) is 0 Å². The van der Waals surface area contributed by atoms with E-state index >= 15 is 0 Å². The summed E-state index contributed by atoms with van der Waals surface area (Å²) in [5.74, 6) is -1.02. The standard InChI is InChI=1S/C14H18N2O6S/c1-22-14(19)12(6-9-2-4-10(17)5-3-9)16-8-11(7-13(16)18)23(15,20)21/h2-5,11-12,17H,6-8H2,1H3,(H2,15,20,21)/t11?,12-/m0/s1. The Kier molecular flexibility index (Phi) is 4.90. The van der Waals surface area contributed by atoms with Crippen LogP contribution in [0.3, 0.4) is 0 Å². The highest BCUT2D eigenvalue weighted by molar-refractivity contribution is 7.89. The molecular weight excluding hydrogens is 324 g/mol. The highest BCUT2D eigenvalue weighted by atomic mass is 32.2. The summed E-state index contributed by atoms with van der Waals surface area (Å²) < 4.78 is 27.6. The monoisotopic (exact) mass is 342 g/mol. The van der Waals surface area contributed by atoms with Gasteiger partial charge in [0.25, 0.3) is 0 Å². The zero-order valence-electron chi connectivity index (χ0n) is 12.5. The fourth-order valence-electron chi connectivity index (χ4n) is 2.53. The van der Waals surface area contributed by atoms with Gasteiger partial charge in [0.15, 0.2) is 0 Å². The number of likely N-dealkylation sites (tertiary alicyclic amines) is 1. The lowest BCUT2D eigenvalue weighted by molar-refractivity contribution is -0.151. The van der Waals surface area contributed by atoms with Crippen LogP contribution in [-0.2, 0) is 30.8 Å². The SMILES string of the molecule is COC(=O)[C@H](Cc1ccc(O)cc1)N1CC(S(N)(=O)=O)CC1=O. The van der Waals surface area contributed by atoms with E-state index in [2.05, 4.69) is 0 Å². The van der Waals surface area contributed by atoms with Crippen molar-refractivity contribution in [3.05, 3.63) is 29.8 Å². The fourth-order valence-corrected chi connectivity index (χ4v) is 3.27. The van der Waals surface area contributed by atoms with Gasteiger partial charge in [-0.3, -0.25) is 4.79 Å². The number of nitrogens with two attached hydrogens (primary N) is 1. The molecule has 0 aliphatic carbocycles. The first-order chi connectivity index (χ1) is 10.7. The number of ether oxygens (including phenoxy) is 1. The van der Waals surface area contributed by atoms with Gasteiger partial charge >= 0.3 is 5.97 Å². The number of aromatic hydroxyl groups is 1. The second-order valence-electron chi connectivity index (χ2n) is 5.37. The van der Waals surface area contributed by atoms with Crippen molar-refractivity contribution in [1.29, 1.82) is 0 Å². The Labute approximate surface area is 133 Å². The molecule has 8 nitrogen and oxygen atoms in total. The molecule has 0 bridgehead atoms. The van der Waals surface area contributed by atoms with E-state index in [4.69, 9.17) is 9.88 Å². The van der Waals surface area contributed by atoms with Crippen LogP contribution in [0, 0.1) is 0 Å². The third-order valence-electron chi connectivity index (χ3n) is 3.80. The molecule has 2 rings (SSSR count). The van der Waals surface area contributed by atoms with Crippen LogP contribution in [0.2, 0.25) is 0 Å². The number of carbonyl (C=O) groups is 2. The van der Waals surface area contributed by atoms with Gasteiger partial charge in [0, 0.05) is 19.4 Å². The van der Waals surface area contributed by atoms with Crippen LogP contribution in [0.1, 0.15) is 12.0 Å². The molecule has 1 amide bonds. The molecule has 1 aliphatic heterocycles. The summed E-state index contributed by atoms with van der Waals surface area (Å²) in [4.78, 5) is 25.3. The maximum atomic E-state index is 12.1. The first-order valence-electron chi connectivity index (χ1n) is 6.89. The fraction of sp³-hybridized carbons (Fsp3) is 0.429. The van der Waals surface area contributed by atoms with Gasteiger partial charge in [-0.15, -0.1) is 0 Å². The Balaban J connectivity index is 2.23. The number of rotatable bonds is 5. The summed E-state index contributed by atoms with van der Waals surface area (Å²) in [6.45, 7) is -0.143. The van der Waals surface area contributed by atoms with E-state index in [-0.39, 0.29) is 25.1 Å². The van der Waals surface area contributed by atoms with Crippen molar-refractivity contribution in [2.24, 2.45) is 5.14 Å². The van der Waals surface area contributed by atoms with Gasteiger partial charge in [-0.25, -0.2) is 18.4 Å². The van der Waals surface area contributed by atoms with E-state index < -0.39 is 33.2 Å². The summed E-state index contributed by atoms with van der Waals surface area (Å²) in [7, 11) is -2.66. The lowest BCUT2D eigenvalue weighted by atomic mass is 10.0. The molecule has 1 saturated heterocycles. The van der Waals surface area contributed by atoms with Crippen molar-refractivity contribution >= 4 is 21.9 Å². The number of primary sulfonamides is 1. The number of benzene rings is 1. The molecule has 0 spiro atoms. The Morgan fingerprint density at radius 3 is 2.52 bits per heavy atom. The number of carbonyl (C=O) groups excluding carboxylic acids is 2. The number of amides is 1. The van der Waals surface area contributed by atoms with E-state index in [1.54, 1.807) is 12.1 Å². The molecule has 1 unspecified atom stereocenters. The average molecular weight is 342 g/mol. The summed E-state index contributed by atoms with van der Waals surface area (Å²) in [5.41, 5.74) is 0.699. The maximum Gasteiger partial charge on any atom is 0.328 e. The minimum atomic E-state index is -3.86. The van der Waals surface area contributed by atoms with Crippen LogP contribution in [0.15, 0.2) is 24.3 Å². The Hall–Kier alpha value is -2.13. The molecule has 1 aliphatic rings. The predicted octanol–water partition coefficient (Wildman–Crippen LogP) is -0.634. The van der Waals surface area contributed by atoms with Crippen molar-refractivity contribution in [3.8, 4) is 5.75 Å². The Bertz CT molecular complexity index is 700. The van der Waals surface area contributed by atoms with Gasteiger partial charge < -0.3 is 14.7 Å². The van der Waals surface area contributed by atoms with Crippen molar-refractivity contribution in [2.45, 2.75) is 24.1 Å². The number of hydrogen-bond donors (Lipinski definition) is 2. The van der Waals surface area contributed by atoms with Crippen LogP contribution >= 0.6 is 0 Å². The van der Waals surface area contributed by atoms with E-state index in [9.17, 15) is 23.1 Å². The normalized spacial score (nSPS) is 19.7. The number of hydrogen-bond acceptors (Lipinski definition) is 6. The van der Waals surface area contributed by atoms with Crippen LogP contribution in [0.5, 0.6) is 5.75 Å². The van der Waals surface area contributed by atoms with Gasteiger partial charge in [-0.2, -0.15) is 0 Å². The minimum Gasteiger partial charge on any atom is -0.508 e. The maximum absolute atomic E-state index is 12.1. The molecule has 0 radical (unpaired) electrons. The molecule has 1 aromatic carbocycles. The van der Waals surface area contributed by atoms with Crippen LogP contribution in [-0.4, -0.2) is 55.2 Å². The third-order valence-corrected chi connectivity index (χ3v) is 5.05. The zero-order valence-corrected chi connectivity index (χ0v) is 13.3. The first-order valence-corrected chi connectivity index (χ1v) is 8.50. The van der Waals surface area contributed by atoms with Crippen molar-refractivity contribution in [1.82, 2.24) is 4.90 Å². The lowest BCUT2D eigenvalue weighted by Gasteiger charge is -2.26. The Morgan fingerprint density at radius 1 is 1.43 bits per heavy atom. The number of methoxy groups -OCH3 is 1. The number of sulfonamides is 1. The van der Waals surface area contributed by atoms with Crippen LogP contribution in [0.25, 0.3) is 0 Å². The van der Waals surface area contributed by atoms with E-state index in [0.717, 1.165) is 0 Å². The smallest absolute Gasteiger partial charge is 0.328 e. The molecule has 3 N–H and O–H groups in total. The van der Waals surface area contributed by atoms with Crippen LogP contribution < -0.4 is 5.14 Å². The molecule has 23 heavy (non-hydrogen) atoms. The first kappa shape index (κ1) is 17.2. The summed E-state index contributed by atoms with van der Waals surface area (Å²) in [6, 6.07) is 5.21. The minimum absolute atomic E-state index is 0.0786. The summed E-state index contributed by atoms with van der Waals surface area (Å²) in [6.07, 6.45) is -0.0993. The average Bonchev–Trinajstić information content (AvgIpc) is 2.88. The molecule has 2 atom stereocenters. The molecule has 1 fully saturated rings. The molecular formula is C14H18N2O6S. The second kappa shape index (κ2) is 6.55. The number of phenols is 1. The summed E-state index contributed by atoms with van der Waals surface area (Å²) >= 11 is 0. The van der Waals surface area contributed by atoms with Gasteiger partial charge in [-0.05, 0) is 17.7 Å². The number of esters is 1. The van der Waals surface area contributed by atoms with E-state index in [1.165, 1.54) is 24.1 Å². The topological polar surface area (TPSA) is 127 Å². The number of nitrogens with zero attached hydrogens (tertiary/aromatic N) is 1. The predicted molar refractivity (Wildman–Crippen MR) is 80.8 cm³/mol. The number of phenolic OH excluding ortho intramolecular Hbond substituents is 1. The molecule has 1 heterocycles. The lowest BCUT2D eigenvalue weighted by Crippen LogP contribution is -2.45. The second-order valence-corrected chi connectivity index (χ2v) is 7.22. The summed E-state index contributed by atoms with van der Waals surface area (Å²) in [5, 5.41) is 13.4. The highest BCUT2D eigenvalue weighted by Crippen LogP contribution is 2.22. The van der Waals surface area contributed by atoms with Crippen molar-refractivity contribution in [2.75, 3.05) is 13.7 Å². The highest BCUT2D eigenvalue weighted by Gasteiger charge is 2.42. The quantitative estimate of drug-likeness (QED) is 0.686. The van der Waals surface area contributed by atoms with Crippen LogP contribution in [0.4, 0.5) is 0 Å². The van der Waals surface area contributed by atoms with E-state index in [0.29, 0.717) is 5.56 Å². The Morgan fingerprint density at radius 2 is 2.04 bits per heavy atom.